The molecule has 27 heavy (non-hydrogen) atoms. The average Bonchev–Trinajstić information content (AvgIpc) is 3.18. The van der Waals surface area contributed by atoms with Gasteiger partial charge in [-0.1, -0.05) is 24.3 Å². The summed E-state index contributed by atoms with van der Waals surface area (Å²) < 4.78 is 16.3. The molecule has 0 aliphatic heterocycles. The van der Waals surface area contributed by atoms with Gasteiger partial charge in [-0.25, -0.2) is 0 Å². The highest BCUT2D eigenvalue weighted by atomic mass is 16.5. The topological polar surface area (TPSA) is 95.5 Å². The van der Waals surface area contributed by atoms with Crippen LogP contribution in [0.5, 0.6) is 11.5 Å². The van der Waals surface area contributed by atoms with E-state index in [0.29, 0.717) is 11.3 Å². The lowest BCUT2D eigenvalue weighted by molar-refractivity contribution is -0.314. The maximum atomic E-state index is 11.7. The number of rotatable bonds is 7. The van der Waals surface area contributed by atoms with Crippen molar-refractivity contribution in [2.75, 3.05) is 0 Å². The van der Waals surface area contributed by atoms with Gasteiger partial charge in [0.2, 0.25) is 0 Å². The van der Waals surface area contributed by atoms with Gasteiger partial charge in [-0.05, 0) is 30.7 Å². The number of furan rings is 1. The van der Waals surface area contributed by atoms with E-state index < -0.39 is 12.1 Å². The smallest absolute Gasteiger partial charge is 0.163 e. The number of aliphatic carboxylic acids is 1. The molecule has 0 bridgehead atoms. The van der Waals surface area contributed by atoms with Crippen molar-refractivity contribution in [3.63, 3.8) is 0 Å². The highest BCUT2D eigenvalue weighted by Gasteiger charge is 2.19. The first-order valence-electron chi connectivity index (χ1n) is 8.19. The summed E-state index contributed by atoms with van der Waals surface area (Å²) in [6.07, 6.45) is 1.76. The van der Waals surface area contributed by atoms with Crippen molar-refractivity contribution < 1.29 is 23.8 Å². The van der Waals surface area contributed by atoms with E-state index in [4.69, 9.17) is 13.9 Å². The zero-order chi connectivity index (χ0) is 19.2. The Hall–Kier alpha value is -3.72. The standard InChI is InChI=1S/C21H17NO5/c1-14-4-2-3-5-18(14)20(21(23)24)27-19-10-17(7-6-16(19)11-22)26-13-15-8-9-25-12-15/h2-10,12,20H,13H2,1H3,(H,23,24)/p-1. The van der Waals surface area contributed by atoms with Crippen molar-refractivity contribution in [1.82, 2.24) is 0 Å². The molecular weight excluding hydrogens is 346 g/mol. The zero-order valence-electron chi connectivity index (χ0n) is 14.5. The molecule has 2 aromatic carbocycles. The second-order valence-corrected chi connectivity index (χ2v) is 5.86. The lowest BCUT2D eigenvalue weighted by Crippen LogP contribution is -2.33. The highest BCUT2D eigenvalue weighted by molar-refractivity contribution is 5.73. The summed E-state index contributed by atoms with van der Waals surface area (Å²) in [5.74, 6) is -0.843. The van der Waals surface area contributed by atoms with Gasteiger partial charge in [0.1, 0.15) is 24.2 Å². The second-order valence-electron chi connectivity index (χ2n) is 5.86. The molecule has 6 heteroatoms. The van der Waals surface area contributed by atoms with Crippen LogP contribution in [0.2, 0.25) is 0 Å². The van der Waals surface area contributed by atoms with Gasteiger partial charge in [0.25, 0.3) is 0 Å². The van der Waals surface area contributed by atoms with Gasteiger partial charge in [-0.15, -0.1) is 0 Å². The Morgan fingerprint density at radius 3 is 2.74 bits per heavy atom. The fourth-order valence-corrected chi connectivity index (χ4v) is 2.57. The van der Waals surface area contributed by atoms with Crippen LogP contribution in [0.3, 0.4) is 0 Å². The molecule has 1 unspecified atom stereocenters. The molecule has 0 saturated heterocycles. The van der Waals surface area contributed by atoms with Crippen LogP contribution in [-0.4, -0.2) is 5.97 Å². The molecule has 0 saturated carbocycles. The molecule has 3 aromatic rings. The number of carboxylic acid groups (broad SMARTS) is 1. The Morgan fingerprint density at radius 2 is 2.07 bits per heavy atom. The third kappa shape index (κ3) is 4.28. The summed E-state index contributed by atoms with van der Waals surface area (Å²) in [6, 6.07) is 15.3. The largest absolute Gasteiger partial charge is 0.546 e. The predicted molar refractivity (Wildman–Crippen MR) is 93.8 cm³/mol. The number of nitriles is 1. The number of benzene rings is 2. The predicted octanol–water partition coefficient (Wildman–Crippen LogP) is 2.91. The Balaban J connectivity index is 1.87. The molecule has 136 valence electrons. The van der Waals surface area contributed by atoms with Gasteiger partial charge in [0, 0.05) is 17.2 Å². The zero-order valence-corrected chi connectivity index (χ0v) is 14.5. The summed E-state index contributed by atoms with van der Waals surface area (Å²) in [6.45, 7) is 2.05. The average molecular weight is 362 g/mol. The van der Waals surface area contributed by atoms with E-state index in [-0.39, 0.29) is 17.9 Å². The normalized spacial score (nSPS) is 11.4. The second kappa shape index (κ2) is 8.11. The van der Waals surface area contributed by atoms with Crippen molar-refractivity contribution >= 4 is 5.97 Å². The molecular formula is C21H16NO5-. The molecule has 1 heterocycles. The monoisotopic (exact) mass is 362 g/mol. The summed E-state index contributed by atoms with van der Waals surface area (Å²) >= 11 is 0. The number of carboxylic acids is 1. The molecule has 0 amide bonds. The lowest BCUT2D eigenvalue weighted by atomic mass is 10.0. The fraction of sp³-hybridized carbons (Fsp3) is 0.143. The minimum absolute atomic E-state index is 0.111. The summed E-state index contributed by atoms with van der Waals surface area (Å²) in [4.78, 5) is 11.7. The molecule has 3 rings (SSSR count). The molecule has 0 fully saturated rings. The fourth-order valence-electron chi connectivity index (χ4n) is 2.57. The van der Waals surface area contributed by atoms with E-state index in [1.807, 2.05) is 6.07 Å². The van der Waals surface area contributed by atoms with E-state index in [9.17, 15) is 15.2 Å². The van der Waals surface area contributed by atoms with Gasteiger partial charge in [0.15, 0.2) is 6.10 Å². The number of carbonyl (C=O) groups is 1. The van der Waals surface area contributed by atoms with Crippen molar-refractivity contribution in [3.8, 4) is 17.6 Å². The maximum absolute atomic E-state index is 11.7. The Morgan fingerprint density at radius 1 is 1.26 bits per heavy atom. The van der Waals surface area contributed by atoms with E-state index >= 15 is 0 Å². The van der Waals surface area contributed by atoms with Crippen molar-refractivity contribution in [3.05, 3.63) is 83.3 Å². The SMILES string of the molecule is Cc1ccccc1C(Oc1cc(OCc2ccoc2)ccc1C#N)C(=O)[O-]. The first kappa shape index (κ1) is 18.1. The van der Waals surface area contributed by atoms with Crippen LogP contribution in [0.15, 0.2) is 65.5 Å². The number of carbonyl (C=O) groups excluding carboxylic acids is 1. The van der Waals surface area contributed by atoms with Gasteiger partial charge in [-0.2, -0.15) is 5.26 Å². The summed E-state index contributed by atoms with van der Waals surface area (Å²) in [5.41, 5.74) is 2.25. The Kier molecular flexibility index (Phi) is 5.43. The number of hydrogen-bond donors (Lipinski definition) is 0. The van der Waals surface area contributed by atoms with Gasteiger partial charge in [0.05, 0.1) is 24.1 Å². The minimum Gasteiger partial charge on any atom is -0.546 e. The highest BCUT2D eigenvalue weighted by Crippen LogP contribution is 2.30. The maximum Gasteiger partial charge on any atom is 0.163 e. The molecule has 0 aliphatic carbocycles. The van der Waals surface area contributed by atoms with E-state index in [0.717, 1.165) is 11.1 Å². The van der Waals surface area contributed by atoms with Crippen molar-refractivity contribution in [2.24, 2.45) is 0 Å². The number of hydrogen-bond acceptors (Lipinski definition) is 6. The molecule has 6 nitrogen and oxygen atoms in total. The van der Waals surface area contributed by atoms with Crippen molar-refractivity contribution in [1.29, 1.82) is 5.26 Å². The van der Waals surface area contributed by atoms with Crippen LogP contribution in [0.4, 0.5) is 0 Å². The van der Waals surface area contributed by atoms with E-state index in [1.165, 1.54) is 12.1 Å². The molecule has 0 radical (unpaired) electrons. The molecule has 0 N–H and O–H groups in total. The van der Waals surface area contributed by atoms with Gasteiger partial charge in [-0.3, -0.25) is 0 Å². The Bertz CT molecular complexity index is 972. The molecule has 0 spiro atoms. The van der Waals surface area contributed by atoms with Crippen molar-refractivity contribution in [2.45, 2.75) is 19.6 Å². The van der Waals surface area contributed by atoms with Crippen LogP contribution in [0, 0.1) is 18.3 Å². The van der Waals surface area contributed by atoms with Gasteiger partial charge < -0.3 is 23.8 Å². The molecule has 0 aliphatic rings. The first-order chi connectivity index (χ1) is 13.1. The van der Waals surface area contributed by atoms with Crippen LogP contribution < -0.4 is 14.6 Å². The Labute approximate surface area is 156 Å². The number of nitrogens with zero attached hydrogens (tertiary/aromatic N) is 1. The number of aryl methyl sites for hydroxylation is 1. The minimum atomic E-state index is -1.39. The van der Waals surface area contributed by atoms with Crippen LogP contribution in [0.25, 0.3) is 0 Å². The quantitative estimate of drug-likeness (QED) is 0.641. The van der Waals surface area contributed by atoms with Crippen LogP contribution >= 0.6 is 0 Å². The molecule has 1 aromatic heterocycles. The van der Waals surface area contributed by atoms with E-state index in [2.05, 4.69) is 0 Å². The lowest BCUT2D eigenvalue weighted by Gasteiger charge is -2.23. The van der Waals surface area contributed by atoms with Crippen LogP contribution in [-0.2, 0) is 11.4 Å². The van der Waals surface area contributed by atoms with E-state index in [1.54, 1.807) is 55.8 Å². The summed E-state index contributed by atoms with van der Waals surface area (Å²) in [7, 11) is 0. The third-order valence-electron chi connectivity index (χ3n) is 3.99. The molecule has 1 atom stereocenters. The number of ether oxygens (including phenoxy) is 2. The van der Waals surface area contributed by atoms with Crippen LogP contribution in [0.1, 0.15) is 28.4 Å². The third-order valence-corrected chi connectivity index (χ3v) is 3.99. The summed E-state index contributed by atoms with van der Waals surface area (Å²) in [5, 5.41) is 21.0. The van der Waals surface area contributed by atoms with Gasteiger partial charge >= 0.3 is 0 Å². The first-order valence-corrected chi connectivity index (χ1v) is 8.19.